The fourth-order valence-electron chi connectivity index (χ4n) is 3.55. The average molecular weight is 352 g/mol. The average Bonchev–Trinajstić information content (AvgIpc) is 3.11. The van der Waals surface area contributed by atoms with Gasteiger partial charge in [-0.05, 0) is 19.9 Å². The topological polar surface area (TPSA) is 58.8 Å². The zero-order chi connectivity index (χ0) is 18.1. The molecule has 0 N–H and O–H groups in total. The van der Waals surface area contributed by atoms with E-state index in [9.17, 15) is 0 Å². The molecule has 0 amide bonds. The minimum atomic E-state index is 0.413. The second-order valence-electron chi connectivity index (χ2n) is 6.79. The summed E-state index contributed by atoms with van der Waals surface area (Å²) in [5.41, 5.74) is 2.96. The summed E-state index contributed by atoms with van der Waals surface area (Å²) in [4.78, 5) is 13.9. The van der Waals surface area contributed by atoms with Crippen LogP contribution in [0.4, 0.5) is 5.82 Å². The van der Waals surface area contributed by atoms with Crippen LogP contribution in [0.1, 0.15) is 18.3 Å². The van der Waals surface area contributed by atoms with Gasteiger partial charge < -0.3 is 9.64 Å². The molecule has 1 aliphatic heterocycles. The van der Waals surface area contributed by atoms with Gasteiger partial charge in [0, 0.05) is 56.1 Å². The van der Waals surface area contributed by atoms with E-state index < -0.39 is 0 Å². The smallest absolute Gasteiger partial charge is 0.213 e. The number of nitrogens with zero attached hydrogens (tertiary/aromatic N) is 6. The van der Waals surface area contributed by atoms with E-state index in [4.69, 9.17) is 4.74 Å². The summed E-state index contributed by atoms with van der Waals surface area (Å²) in [5.74, 6) is 1.78. The summed E-state index contributed by atoms with van der Waals surface area (Å²) >= 11 is 0. The van der Waals surface area contributed by atoms with E-state index in [1.807, 2.05) is 29.6 Å². The van der Waals surface area contributed by atoms with Crippen molar-refractivity contribution in [2.75, 3.05) is 31.6 Å². The monoisotopic (exact) mass is 352 g/mol. The van der Waals surface area contributed by atoms with E-state index in [1.54, 1.807) is 13.3 Å². The first-order valence-electron chi connectivity index (χ1n) is 8.94. The van der Waals surface area contributed by atoms with Gasteiger partial charge in [0.05, 0.1) is 19.0 Å². The Morgan fingerprint density at radius 2 is 2.08 bits per heavy atom. The first-order chi connectivity index (χ1) is 12.6. The van der Waals surface area contributed by atoms with Crippen LogP contribution >= 0.6 is 0 Å². The summed E-state index contributed by atoms with van der Waals surface area (Å²) in [5, 5.41) is 4.44. The fourth-order valence-corrected chi connectivity index (χ4v) is 3.55. The number of fused-ring (bicyclic) bond motifs is 1. The molecular weight excluding hydrogens is 328 g/mol. The first kappa shape index (κ1) is 16.8. The fraction of sp³-hybridized carbons (Fsp3) is 0.421. The molecule has 136 valence electrons. The SMILES string of the molecule is COc1cccc(CN2CCN(c3cc(C)nc4ccnn34)CC2C)n1. The number of pyridine rings is 1. The number of aryl methyl sites for hydroxylation is 1. The van der Waals surface area contributed by atoms with Crippen molar-refractivity contribution in [3.8, 4) is 5.88 Å². The third-order valence-electron chi connectivity index (χ3n) is 4.91. The Kier molecular flexibility index (Phi) is 4.46. The zero-order valence-corrected chi connectivity index (χ0v) is 15.5. The van der Waals surface area contributed by atoms with Crippen LogP contribution in [0.5, 0.6) is 5.88 Å². The number of ether oxygens (including phenoxy) is 1. The molecule has 4 rings (SSSR count). The maximum absolute atomic E-state index is 5.24. The maximum atomic E-state index is 5.24. The van der Waals surface area contributed by atoms with Gasteiger partial charge >= 0.3 is 0 Å². The van der Waals surface area contributed by atoms with Gasteiger partial charge in [0.2, 0.25) is 5.88 Å². The third kappa shape index (κ3) is 3.22. The minimum Gasteiger partial charge on any atom is -0.481 e. The molecule has 0 bridgehead atoms. The molecule has 4 heterocycles. The molecule has 1 fully saturated rings. The van der Waals surface area contributed by atoms with Crippen molar-refractivity contribution in [1.82, 2.24) is 24.5 Å². The number of aromatic nitrogens is 4. The van der Waals surface area contributed by atoms with Crippen molar-refractivity contribution < 1.29 is 4.74 Å². The Morgan fingerprint density at radius 3 is 2.88 bits per heavy atom. The van der Waals surface area contributed by atoms with Gasteiger partial charge in [0.25, 0.3) is 0 Å². The molecule has 3 aromatic heterocycles. The predicted molar refractivity (Wildman–Crippen MR) is 101 cm³/mol. The normalized spacial score (nSPS) is 18.4. The van der Waals surface area contributed by atoms with Crippen LogP contribution in [-0.4, -0.2) is 57.3 Å². The number of hydrogen-bond donors (Lipinski definition) is 0. The van der Waals surface area contributed by atoms with Gasteiger partial charge in [-0.2, -0.15) is 9.61 Å². The largest absolute Gasteiger partial charge is 0.481 e. The van der Waals surface area contributed by atoms with Crippen LogP contribution in [0.25, 0.3) is 5.65 Å². The van der Waals surface area contributed by atoms with Crippen LogP contribution in [0, 0.1) is 6.92 Å². The molecular formula is C19H24N6O. The molecule has 0 aliphatic carbocycles. The summed E-state index contributed by atoms with van der Waals surface area (Å²) in [6.45, 7) is 8.00. The van der Waals surface area contributed by atoms with Crippen LogP contribution in [0.3, 0.4) is 0 Å². The van der Waals surface area contributed by atoms with Crippen molar-refractivity contribution in [3.63, 3.8) is 0 Å². The summed E-state index contributed by atoms with van der Waals surface area (Å²) in [6, 6.07) is 10.4. The van der Waals surface area contributed by atoms with Crippen molar-refractivity contribution in [3.05, 3.63) is 47.9 Å². The van der Waals surface area contributed by atoms with Gasteiger partial charge in [-0.15, -0.1) is 0 Å². The highest BCUT2D eigenvalue weighted by Crippen LogP contribution is 2.22. The van der Waals surface area contributed by atoms with Gasteiger partial charge in [-0.1, -0.05) is 6.07 Å². The molecule has 0 saturated carbocycles. The van der Waals surface area contributed by atoms with Crippen LogP contribution in [0.15, 0.2) is 36.5 Å². The molecule has 1 saturated heterocycles. The highest BCUT2D eigenvalue weighted by atomic mass is 16.5. The van der Waals surface area contributed by atoms with E-state index >= 15 is 0 Å². The Balaban J connectivity index is 1.50. The molecule has 0 radical (unpaired) electrons. The Bertz CT molecular complexity index is 908. The molecule has 7 nitrogen and oxygen atoms in total. The molecule has 7 heteroatoms. The number of hydrogen-bond acceptors (Lipinski definition) is 6. The van der Waals surface area contributed by atoms with Gasteiger partial charge in [-0.3, -0.25) is 4.90 Å². The van der Waals surface area contributed by atoms with Crippen molar-refractivity contribution in [1.29, 1.82) is 0 Å². The molecule has 3 aromatic rings. The molecule has 1 unspecified atom stereocenters. The van der Waals surface area contributed by atoms with Gasteiger partial charge in [-0.25, -0.2) is 9.97 Å². The van der Waals surface area contributed by atoms with E-state index in [1.165, 1.54) is 0 Å². The van der Waals surface area contributed by atoms with E-state index in [2.05, 4.69) is 43.9 Å². The number of methoxy groups -OCH3 is 1. The van der Waals surface area contributed by atoms with Crippen molar-refractivity contribution in [2.24, 2.45) is 0 Å². The summed E-state index contributed by atoms with van der Waals surface area (Å²) in [7, 11) is 1.65. The Morgan fingerprint density at radius 1 is 1.19 bits per heavy atom. The van der Waals surface area contributed by atoms with E-state index in [0.29, 0.717) is 11.9 Å². The molecule has 26 heavy (non-hydrogen) atoms. The van der Waals surface area contributed by atoms with E-state index in [-0.39, 0.29) is 0 Å². The molecule has 0 spiro atoms. The lowest BCUT2D eigenvalue weighted by molar-refractivity contribution is 0.177. The van der Waals surface area contributed by atoms with Crippen molar-refractivity contribution >= 4 is 11.5 Å². The Hall–Kier alpha value is -2.67. The first-order valence-corrected chi connectivity index (χ1v) is 8.94. The second kappa shape index (κ2) is 6.92. The van der Waals surface area contributed by atoms with Crippen molar-refractivity contribution in [2.45, 2.75) is 26.4 Å². The quantitative estimate of drug-likeness (QED) is 0.717. The maximum Gasteiger partial charge on any atom is 0.213 e. The standard InChI is InChI=1S/C19H24N6O/c1-14-11-19(25-17(21-14)7-8-20-25)24-10-9-23(15(2)12-24)13-16-5-4-6-18(22-16)26-3/h4-8,11,15H,9-10,12-13H2,1-3H3. The van der Waals surface area contributed by atoms with Crippen LogP contribution in [-0.2, 0) is 6.54 Å². The highest BCUT2D eigenvalue weighted by Gasteiger charge is 2.26. The lowest BCUT2D eigenvalue weighted by atomic mass is 10.1. The van der Waals surface area contributed by atoms with Gasteiger partial charge in [0.1, 0.15) is 5.82 Å². The lowest BCUT2D eigenvalue weighted by Crippen LogP contribution is -2.52. The zero-order valence-electron chi connectivity index (χ0n) is 15.5. The third-order valence-corrected chi connectivity index (χ3v) is 4.91. The summed E-state index contributed by atoms with van der Waals surface area (Å²) in [6.07, 6.45) is 1.80. The highest BCUT2D eigenvalue weighted by molar-refractivity contribution is 5.51. The van der Waals surface area contributed by atoms with Crippen LogP contribution < -0.4 is 9.64 Å². The minimum absolute atomic E-state index is 0.413. The second-order valence-corrected chi connectivity index (χ2v) is 6.79. The number of anilines is 1. The van der Waals surface area contributed by atoms with Gasteiger partial charge in [0.15, 0.2) is 5.65 Å². The molecule has 1 atom stereocenters. The molecule has 0 aromatic carbocycles. The van der Waals surface area contributed by atoms with E-state index in [0.717, 1.165) is 49.0 Å². The number of piperazine rings is 1. The lowest BCUT2D eigenvalue weighted by Gasteiger charge is -2.40. The number of rotatable bonds is 4. The summed E-state index contributed by atoms with van der Waals surface area (Å²) < 4.78 is 7.17. The predicted octanol–water partition coefficient (Wildman–Crippen LogP) is 2.15. The molecule has 1 aliphatic rings. The Labute approximate surface area is 153 Å². The van der Waals surface area contributed by atoms with Crippen LogP contribution in [0.2, 0.25) is 0 Å².